The van der Waals surface area contributed by atoms with Crippen LogP contribution < -0.4 is 0 Å². The van der Waals surface area contributed by atoms with Crippen molar-refractivity contribution < 1.29 is 12.8 Å². The third-order valence-electron chi connectivity index (χ3n) is 4.25. The van der Waals surface area contributed by atoms with Gasteiger partial charge in [-0.05, 0) is 37.1 Å². The monoisotopic (exact) mass is 337 g/mol. The van der Waals surface area contributed by atoms with Crippen LogP contribution in [0.4, 0.5) is 4.39 Å². The normalized spacial score (nSPS) is 19.8. The fourth-order valence-electron chi connectivity index (χ4n) is 3.20. The highest BCUT2D eigenvalue weighted by Gasteiger charge is 2.30. The van der Waals surface area contributed by atoms with E-state index in [9.17, 15) is 12.8 Å². The molecule has 1 aliphatic heterocycles. The lowest BCUT2D eigenvalue weighted by Crippen LogP contribution is -2.33. The van der Waals surface area contributed by atoms with Crippen molar-refractivity contribution >= 4 is 9.84 Å². The second-order valence-corrected chi connectivity index (χ2v) is 8.02. The minimum atomic E-state index is -3.32. The summed E-state index contributed by atoms with van der Waals surface area (Å²) in [5.41, 5.74) is 1.53. The van der Waals surface area contributed by atoms with E-state index in [-0.39, 0.29) is 16.8 Å². The number of hydrogen-bond donors (Lipinski definition) is 1. The predicted octanol–water partition coefficient (Wildman–Crippen LogP) is 2.68. The van der Waals surface area contributed by atoms with Gasteiger partial charge in [0.1, 0.15) is 10.7 Å². The fourth-order valence-corrected chi connectivity index (χ4v) is 4.02. The van der Waals surface area contributed by atoms with Gasteiger partial charge in [-0.2, -0.15) is 5.10 Å². The highest BCUT2D eigenvalue weighted by molar-refractivity contribution is 7.90. The van der Waals surface area contributed by atoms with Crippen LogP contribution in [0.5, 0.6) is 0 Å². The van der Waals surface area contributed by atoms with Crippen LogP contribution in [-0.2, 0) is 16.4 Å². The van der Waals surface area contributed by atoms with E-state index in [0.29, 0.717) is 12.2 Å². The van der Waals surface area contributed by atoms with Crippen molar-refractivity contribution in [1.82, 2.24) is 15.1 Å². The molecular formula is C16H20FN3O2S. The molecule has 1 saturated heterocycles. The first-order valence-corrected chi connectivity index (χ1v) is 9.56. The second-order valence-electron chi connectivity index (χ2n) is 6.03. The van der Waals surface area contributed by atoms with Gasteiger partial charge in [0.2, 0.25) is 0 Å². The van der Waals surface area contributed by atoms with Gasteiger partial charge in [0.15, 0.2) is 9.84 Å². The lowest BCUT2D eigenvalue weighted by molar-refractivity contribution is 0.135. The van der Waals surface area contributed by atoms with Gasteiger partial charge in [-0.1, -0.05) is 18.6 Å². The number of nitrogens with zero attached hydrogens (tertiary/aromatic N) is 2. The molecule has 0 radical (unpaired) electrons. The molecule has 0 amide bonds. The summed E-state index contributed by atoms with van der Waals surface area (Å²) >= 11 is 0. The zero-order valence-electron chi connectivity index (χ0n) is 13.0. The van der Waals surface area contributed by atoms with Crippen molar-refractivity contribution in [2.75, 3.05) is 12.8 Å². The van der Waals surface area contributed by atoms with Gasteiger partial charge in [-0.25, -0.2) is 12.8 Å². The van der Waals surface area contributed by atoms with E-state index >= 15 is 0 Å². The highest BCUT2D eigenvalue weighted by atomic mass is 32.2. The molecule has 2 heterocycles. The van der Waals surface area contributed by atoms with Crippen LogP contribution in [0.3, 0.4) is 0 Å². The van der Waals surface area contributed by atoms with E-state index in [1.54, 1.807) is 6.07 Å². The minimum Gasteiger partial charge on any atom is -0.290 e. The van der Waals surface area contributed by atoms with Gasteiger partial charge >= 0.3 is 0 Å². The molecule has 2 aromatic rings. The van der Waals surface area contributed by atoms with E-state index < -0.39 is 9.84 Å². The fraction of sp³-hybridized carbons (Fsp3) is 0.438. The van der Waals surface area contributed by atoms with Crippen molar-refractivity contribution in [3.05, 3.63) is 47.5 Å². The maximum absolute atomic E-state index is 13.4. The van der Waals surface area contributed by atoms with Crippen molar-refractivity contribution in [2.24, 2.45) is 0 Å². The lowest BCUT2D eigenvalue weighted by atomic mass is 9.98. The first-order chi connectivity index (χ1) is 10.9. The molecule has 0 spiro atoms. The summed E-state index contributed by atoms with van der Waals surface area (Å²) in [6, 6.07) is 6.49. The number of H-pyrrole nitrogens is 1. The Balaban J connectivity index is 1.89. The molecule has 1 fully saturated rings. The van der Waals surface area contributed by atoms with Crippen LogP contribution in [0, 0.1) is 5.82 Å². The average molecular weight is 337 g/mol. The predicted molar refractivity (Wildman–Crippen MR) is 85.1 cm³/mol. The molecule has 23 heavy (non-hydrogen) atoms. The summed E-state index contributed by atoms with van der Waals surface area (Å²) in [4.78, 5) is 2.45. The number of piperidine rings is 1. The van der Waals surface area contributed by atoms with E-state index in [1.807, 2.05) is 6.07 Å². The van der Waals surface area contributed by atoms with E-state index in [4.69, 9.17) is 0 Å². The first kappa shape index (κ1) is 16.1. The van der Waals surface area contributed by atoms with Crippen LogP contribution in [-0.4, -0.2) is 36.3 Å². The maximum atomic E-state index is 13.4. The minimum absolute atomic E-state index is 0.0424. The number of nitrogens with one attached hydrogen (secondary N) is 1. The average Bonchev–Trinajstić information content (AvgIpc) is 2.97. The van der Waals surface area contributed by atoms with E-state index in [1.165, 1.54) is 24.6 Å². The molecule has 1 unspecified atom stereocenters. The van der Waals surface area contributed by atoms with Gasteiger partial charge in [-0.3, -0.25) is 10.00 Å². The Bertz CT molecular complexity index is 788. The number of hydrogen-bond acceptors (Lipinski definition) is 4. The standard InChI is InChI=1S/C16H20FN3O2S/c1-23(21,22)15-10-18-19-16(15)14-7-2-3-8-20(14)11-12-5-4-6-13(17)9-12/h4-6,9-10,14H,2-3,7-8,11H2,1H3,(H,18,19). The molecule has 1 aliphatic rings. The summed E-state index contributed by atoms with van der Waals surface area (Å²) in [5, 5.41) is 6.79. The van der Waals surface area contributed by atoms with Crippen molar-refractivity contribution in [3.8, 4) is 0 Å². The smallest absolute Gasteiger partial charge is 0.178 e. The number of halogens is 1. The Kier molecular flexibility index (Phi) is 4.50. The van der Waals surface area contributed by atoms with Crippen LogP contribution in [0.25, 0.3) is 0 Å². The number of aromatic nitrogens is 2. The maximum Gasteiger partial charge on any atom is 0.178 e. The Morgan fingerprint density at radius 2 is 2.22 bits per heavy atom. The van der Waals surface area contributed by atoms with Gasteiger partial charge in [-0.15, -0.1) is 0 Å². The van der Waals surface area contributed by atoms with Gasteiger partial charge < -0.3 is 0 Å². The molecule has 1 aromatic heterocycles. The topological polar surface area (TPSA) is 66.1 Å². The number of aromatic amines is 1. The Hall–Kier alpha value is -1.73. The zero-order chi connectivity index (χ0) is 16.4. The summed E-state index contributed by atoms with van der Waals surface area (Å²) < 4.78 is 37.3. The summed E-state index contributed by atoms with van der Waals surface area (Å²) in [6.07, 6.45) is 5.52. The summed E-state index contributed by atoms with van der Waals surface area (Å²) in [6.45, 7) is 1.44. The van der Waals surface area contributed by atoms with Gasteiger partial charge in [0.25, 0.3) is 0 Å². The molecule has 1 N–H and O–H groups in total. The lowest BCUT2D eigenvalue weighted by Gasteiger charge is -2.35. The largest absolute Gasteiger partial charge is 0.290 e. The molecule has 0 bridgehead atoms. The van der Waals surface area contributed by atoms with Gasteiger partial charge in [0.05, 0.1) is 17.9 Å². The summed E-state index contributed by atoms with van der Waals surface area (Å²) in [7, 11) is -3.32. The molecule has 7 heteroatoms. The number of benzene rings is 1. The van der Waals surface area contributed by atoms with Crippen molar-refractivity contribution in [1.29, 1.82) is 0 Å². The van der Waals surface area contributed by atoms with Crippen LogP contribution >= 0.6 is 0 Å². The second kappa shape index (κ2) is 6.41. The molecule has 0 aliphatic carbocycles. The van der Waals surface area contributed by atoms with E-state index in [2.05, 4.69) is 15.1 Å². The molecule has 1 aromatic carbocycles. The molecule has 0 saturated carbocycles. The van der Waals surface area contributed by atoms with Crippen molar-refractivity contribution in [2.45, 2.75) is 36.7 Å². The Labute approximate surface area is 135 Å². The molecule has 3 rings (SSSR count). The van der Waals surface area contributed by atoms with Crippen LogP contribution in [0.1, 0.15) is 36.6 Å². The van der Waals surface area contributed by atoms with Crippen molar-refractivity contribution in [3.63, 3.8) is 0 Å². The number of sulfone groups is 1. The molecular weight excluding hydrogens is 317 g/mol. The van der Waals surface area contributed by atoms with E-state index in [0.717, 1.165) is 31.4 Å². The molecule has 124 valence electrons. The number of likely N-dealkylation sites (tertiary alicyclic amines) is 1. The third-order valence-corrected chi connectivity index (χ3v) is 5.38. The zero-order valence-corrected chi connectivity index (χ0v) is 13.8. The Morgan fingerprint density at radius 3 is 2.96 bits per heavy atom. The van der Waals surface area contributed by atoms with Crippen LogP contribution in [0.2, 0.25) is 0 Å². The molecule has 5 nitrogen and oxygen atoms in total. The quantitative estimate of drug-likeness (QED) is 0.931. The van der Waals surface area contributed by atoms with Crippen LogP contribution in [0.15, 0.2) is 35.4 Å². The van der Waals surface area contributed by atoms with Gasteiger partial charge in [0, 0.05) is 12.8 Å². The first-order valence-electron chi connectivity index (χ1n) is 7.67. The number of rotatable bonds is 4. The highest BCUT2D eigenvalue weighted by Crippen LogP contribution is 2.34. The third kappa shape index (κ3) is 3.61. The Morgan fingerprint density at radius 1 is 1.39 bits per heavy atom. The SMILES string of the molecule is CS(=O)(=O)c1cn[nH]c1C1CCCCN1Cc1cccc(F)c1. The molecule has 1 atom stereocenters. The summed E-state index contributed by atoms with van der Waals surface area (Å²) in [5.74, 6) is -0.255.